The summed E-state index contributed by atoms with van der Waals surface area (Å²) in [6, 6.07) is 13.2. The van der Waals surface area contributed by atoms with Crippen LogP contribution in [-0.4, -0.2) is 32.2 Å². The third-order valence-corrected chi connectivity index (χ3v) is 3.63. The molecule has 0 aliphatic rings. The number of para-hydroxylation sites is 1. The number of aryl methyl sites for hydroxylation is 1. The Kier molecular flexibility index (Phi) is 3.04. The van der Waals surface area contributed by atoms with Crippen molar-refractivity contribution in [1.29, 1.82) is 0 Å². The molecule has 7 nitrogen and oxygen atoms in total. The minimum Gasteiger partial charge on any atom is -0.496 e. The van der Waals surface area contributed by atoms with E-state index in [0.29, 0.717) is 17.5 Å². The number of benzene rings is 2. The van der Waals surface area contributed by atoms with Gasteiger partial charge < -0.3 is 9.26 Å². The molecule has 0 aliphatic heterocycles. The van der Waals surface area contributed by atoms with Gasteiger partial charge in [0.05, 0.1) is 18.2 Å². The highest BCUT2D eigenvalue weighted by atomic mass is 16.5. The van der Waals surface area contributed by atoms with Gasteiger partial charge in [-0.1, -0.05) is 22.5 Å². The molecule has 0 unspecified atom stereocenters. The topological polar surface area (TPSA) is 78.9 Å². The van der Waals surface area contributed by atoms with E-state index in [1.165, 1.54) is 0 Å². The molecule has 0 radical (unpaired) electrons. The van der Waals surface area contributed by atoms with Crippen LogP contribution < -0.4 is 4.74 Å². The molecule has 0 aliphatic carbocycles. The predicted molar refractivity (Wildman–Crippen MR) is 83.8 cm³/mol. The van der Waals surface area contributed by atoms with E-state index in [-0.39, 0.29) is 0 Å². The van der Waals surface area contributed by atoms with Gasteiger partial charge in [-0.3, -0.25) is 0 Å². The fourth-order valence-electron chi connectivity index (χ4n) is 2.44. The summed E-state index contributed by atoms with van der Waals surface area (Å²) in [6.45, 7) is 0. The van der Waals surface area contributed by atoms with Gasteiger partial charge in [0.15, 0.2) is 0 Å². The van der Waals surface area contributed by atoms with E-state index in [0.717, 1.165) is 22.2 Å². The third kappa shape index (κ3) is 2.22. The summed E-state index contributed by atoms with van der Waals surface area (Å²) < 4.78 is 12.4. The molecule has 0 saturated heterocycles. The van der Waals surface area contributed by atoms with Crippen molar-refractivity contribution in [2.75, 3.05) is 7.11 Å². The highest BCUT2D eigenvalue weighted by Gasteiger charge is 2.15. The zero-order valence-electron chi connectivity index (χ0n) is 12.6. The molecule has 0 amide bonds. The van der Waals surface area contributed by atoms with Crippen molar-refractivity contribution in [2.45, 2.75) is 0 Å². The van der Waals surface area contributed by atoms with Crippen LogP contribution in [0.25, 0.3) is 33.9 Å². The van der Waals surface area contributed by atoms with Crippen molar-refractivity contribution in [1.82, 2.24) is 25.1 Å². The Morgan fingerprint density at radius 3 is 2.87 bits per heavy atom. The SMILES string of the molecule is COc1ccccc1-c1nc(-c2ccc3nnn(C)c3c2)no1. The molecule has 2 aromatic heterocycles. The van der Waals surface area contributed by atoms with Gasteiger partial charge in [0, 0.05) is 12.6 Å². The van der Waals surface area contributed by atoms with Crippen LogP contribution in [-0.2, 0) is 7.05 Å². The van der Waals surface area contributed by atoms with Gasteiger partial charge >= 0.3 is 0 Å². The smallest absolute Gasteiger partial charge is 0.262 e. The molecule has 0 bridgehead atoms. The lowest BCUT2D eigenvalue weighted by molar-refractivity contribution is 0.405. The van der Waals surface area contributed by atoms with Gasteiger partial charge in [-0.15, -0.1) is 5.10 Å². The summed E-state index contributed by atoms with van der Waals surface area (Å²) in [7, 11) is 3.45. The number of nitrogens with zero attached hydrogens (tertiary/aromatic N) is 5. The van der Waals surface area contributed by atoms with Crippen molar-refractivity contribution in [3.63, 3.8) is 0 Å². The zero-order chi connectivity index (χ0) is 15.8. The Morgan fingerprint density at radius 2 is 2.00 bits per heavy atom. The van der Waals surface area contributed by atoms with E-state index in [2.05, 4.69) is 20.5 Å². The lowest BCUT2D eigenvalue weighted by Gasteiger charge is -2.02. The molecule has 114 valence electrons. The molecular weight excluding hydrogens is 294 g/mol. The van der Waals surface area contributed by atoms with E-state index < -0.39 is 0 Å². The van der Waals surface area contributed by atoms with Crippen LogP contribution in [0.15, 0.2) is 47.0 Å². The summed E-state index contributed by atoms with van der Waals surface area (Å²) in [4.78, 5) is 4.47. The molecule has 2 aromatic carbocycles. The first-order valence-electron chi connectivity index (χ1n) is 7.03. The highest BCUT2D eigenvalue weighted by molar-refractivity contribution is 5.80. The second-order valence-electron chi connectivity index (χ2n) is 5.04. The molecule has 2 heterocycles. The van der Waals surface area contributed by atoms with Gasteiger partial charge in [0.2, 0.25) is 5.82 Å². The Balaban J connectivity index is 1.78. The van der Waals surface area contributed by atoms with Crippen molar-refractivity contribution in [3.8, 4) is 28.6 Å². The normalized spacial score (nSPS) is 11.0. The Morgan fingerprint density at radius 1 is 1.13 bits per heavy atom. The fraction of sp³-hybridized carbons (Fsp3) is 0.125. The number of methoxy groups -OCH3 is 1. The molecule has 0 atom stereocenters. The maximum Gasteiger partial charge on any atom is 0.262 e. The van der Waals surface area contributed by atoms with E-state index in [1.807, 2.05) is 49.5 Å². The lowest BCUT2D eigenvalue weighted by atomic mass is 10.2. The molecule has 7 heteroatoms. The second-order valence-corrected chi connectivity index (χ2v) is 5.04. The van der Waals surface area contributed by atoms with E-state index in [1.54, 1.807) is 11.8 Å². The first-order valence-corrected chi connectivity index (χ1v) is 7.03. The van der Waals surface area contributed by atoms with Crippen LogP contribution in [0.3, 0.4) is 0 Å². The number of hydrogen-bond acceptors (Lipinski definition) is 6. The number of ether oxygens (including phenoxy) is 1. The summed E-state index contributed by atoms with van der Waals surface area (Å²) in [5.74, 6) is 1.61. The first-order chi connectivity index (χ1) is 11.3. The van der Waals surface area contributed by atoms with Crippen LogP contribution in [0, 0.1) is 0 Å². The summed E-state index contributed by atoms with van der Waals surface area (Å²) in [6.07, 6.45) is 0. The summed E-state index contributed by atoms with van der Waals surface area (Å²) in [5, 5.41) is 12.1. The van der Waals surface area contributed by atoms with E-state index >= 15 is 0 Å². The maximum atomic E-state index is 5.39. The van der Waals surface area contributed by atoms with Crippen LogP contribution in [0.1, 0.15) is 0 Å². The average Bonchev–Trinajstić information content (AvgIpc) is 3.22. The standard InChI is InChI=1S/C16H13N5O2/c1-21-13-9-10(7-8-12(13)18-20-21)15-17-16(23-19-15)11-5-3-4-6-14(11)22-2/h3-9H,1-2H3. The van der Waals surface area contributed by atoms with Crippen LogP contribution in [0.4, 0.5) is 0 Å². The molecule has 23 heavy (non-hydrogen) atoms. The number of aromatic nitrogens is 5. The average molecular weight is 307 g/mol. The third-order valence-electron chi connectivity index (χ3n) is 3.63. The van der Waals surface area contributed by atoms with Crippen molar-refractivity contribution < 1.29 is 9.26 Å². The van der Waals surface area contributed by atoms with Gasteiger partial charge in [-0.25, -0.2) is 4.68 Å². The second kappa shape index (κ2) is 5.20. The molecule has 0 N–H and O–H groups in total. The van der Waals surface area contributed by atoms with Crippen molar-refractivity contribution in [3.05, 3.63) is 42.5 Å². The number of rotatable bonds is 3. The minimum atomic E-state index is 0.417. The fourth-order valence-corrected chi connectivity index (χ4v) is 2.44. The predicted octanol–water partition coefficient (Wildman–Crippen LogP) is 2.69. The molecule has 0 spiro atoms. The van der Waals surface area contributed by atoms with Gasteiger partial charge in [0.25, 0.3) is 5.89 Å². The Bertz CT molecular complexity index is 989. The van der Waals surface area contributed by atoms with Crippen molar-refractivity contribution in [2.24, 2.45) is 7.05 Å². The first kappa shape index (κ1) is 13.4. The maximum absolute atomic E-state index is 5.39. The van der Waals surface area contributed by atoms with E-state index in [9.17, 15) is 0 Å². The number of hydrogen-bond donors (Lipinski definition) is 0. The molecule has 0 fully saturated rings. The zero-order valence-corrected chi connectivity index (χ0v) is 12.6. The summed E-state index contributed by atoms with van der Waals surface area (Å²) in [5.41, 5.74) is 3.33. The number of fused-ring (bicyclic) bond motifs is 1. The quantitative estimate of drug-likeness (QED) is 0.579. The van der Waals surface area contributed by atoms with Gasteiger partial charge in [-0.2, -0.15) is 4.98 Å². The minimum absolute atomic E-state index is 0.417. The van der Waals surface area contributed by atoms with Crippen LogP contribution in [0.2, 0.25) is 0 Å². The summed E-state index contributed by atoms with van der Waals surface area (Å²) >= 11 is 0. The monoisotopic (exact) mass is 307 g/mol. The van der Waals surface area contributed by atoms with Crippen LogP contribution in [0.5, 0.6) is 5.75 Å². The van der Waals surface area contributed by atoms with Gasteiger partial charge in [-0.05, 0) is 30.3 Å². The highest BCUT2D eigenvalue weighted by Crippen LogP contribution is 2.30. The largest absolute Gasteiger partial charge is 0.496 e. The molecule has 4 rings (SSSR count). The Labute approximate surface area is 131 Å². The van der Waals surface area contributed by atoms with Crippen molar-refractivity contribution >= 4 is 11.0 Å². The van der Waals surface area contributed by atoms with Gasteiger partial charge in [0.1, 0.15) is 11.3 Å². The lowest BCUT2D eigenvalue weighted by Crippen LogP contribution is -1.90. The Hall–Kier alpha value is -3.22. The van der Waals surface area contributed by atoms with E-state index in [4.69, 9.17) is 9.26 Å². The molecule has 0 saturated carbocycles. The molecular formula is C16H13N5O2. The molecule has 4 aromatic rings. The van der Waals surface area contributed by atoms with Crippen LogP contribution >= 0.6 is 0 Å².